The molecule has 5 rings (SSSR count). The van der Waals surface area contributed by atoms with Crippen molar-refractivity contribution < 1.29 is 21.8 Å². The molecule has 6 heteroatoms. The number of benzene rings is 2. The molecule has 0 amide bonds. The number of hydrogen-bond donors (Lipinski definition) is 0. The molecule has 1 aliphatic heterocycles. The number of nitriles is 1. The molecule has 1 atom stereocenters. The monoisotopic (exact) mass is 446 g/mol. The van der Waals surface area contributed by atoms with Gasteiger partial charge in [-0.15, -0.1) is 12.2 Å². The molecule has 0 fully saturated rings. The van der Waals surface area contributed by atoms with Crippen LogP contribution in [0.3, 0.4) is 0 Å². The molecule has 3 aromatic rings. The summed E-state index contributed by atoms with van der Waals surface area (Å²) >= 11 is 0. The van der Waals surface area contributed by atoms with Crippen LogP contribution in [-0.2, 0) is 23.6 Å². The van der Waals surface area contributed by atoms with Crippen molar-refractivity contribution in [2.75, 3.05) is 0 Å². The minimum atomic E-state index is 0. The molecule has 0 saturated heterocycles. The van der Waals surface area contributed by atoms with E-state index in [2.05, 4.69) is 35.7 Å². The van der Waals surface area contributed by atoms with Gasteiger partial charge in [-0.3, -0.25) is 0 Å². The van der Waals surface area contributed by atoms with Crippen molar-refractivity contribution in [3.8, 4) is 28.8 Å². The van der Waals surface area contributed by atoms with E-state index in [1.54, 1.807) is 0 Å². The van der Waals surface area contributed by atoms with Gasteiger partial charge in [0, 0.05) is 29.2 Å². The normalized spacial score (nSPS) is 16.4. The van der Waals surface area contributed by atoms with Crippen LogP contribution in [0.4, 0.5) is 5.82 Å². The standard InChI is InChI=1S/C25H19N4O.Mn/c26-15-23-24(19-11-13-22(14-12-19)30-21-9-5-2-6-10-21)28-29-17-20(16-27-25(23)29)18-7-3-1-4-8-18;/h2-14,16,20H,1,17H2;/q-1;. The van der Waals surface area contributed by atoms with E-state index in [4.69, 9.17) is 9.84 Å². The van der Waals surface area contributed by atoms with Crippen LogP contribution in [0.2, 0.25) is 0 Å². The zero-order chi connectivity index (χ0) is 20.3. The van der Waals surface area contributed by atoms with Gasteiger partial charge in [0.2, 0.25) is 0 Å². The Balaban J connectivity index is 0.00000231. The van der Waals surface area contributed by atoms with Crippen molar-refractivity contribution in [3.05, 3.63) is 90.4 Å². The fourth-order valence-corrected chi connectivity index (χ4v) is 3.70. The second kappa shape index (κ2) is 9.09. The van der Waals surface area contributed by atoms with Gasteiger partial charge in [-0.1, -0.05) is 24.6 Å². The second-order valence-corrected chi connectivity index (χ2v) is 7.21. The van der Waals surface area contributed by atoms with E-state index >= 15 is 0 Å². The summed E-state index contributed by atoms with van der Waals surface area (Å²) in [6.07, 6.45) is 11.5. The quantitative estimate of drug-likeness (QED) is 0.385. The molecule has 31 heavy (non-hydrogen) atoms. The Labute approximate surface area is 191 Å². The average Bonchev–Trinajstić information content (AvgIpc) is 3.18. The number of ether oxygens (including phenoxy) is 1. The molecular formula is C25H19MnN4O-. The van der Waals surface area contributed by atoms with E-state index < -0.39 is 0 Å². The Hall–Kier alpha value is -3.52. The summed E-state index contributed by atoms with van der Waals surface area (Å²) in [5, 5.41) is 14.5. The fraction of sp³-hybridized carbons (Fsp3) is 0.120. The third-order valence-electron chi connectivity index (χ3n) is 5.21. The third-order valence-corrected chi connectivity index (χ3v) is 5.21. The smallest absolute Gasteiger partial charge is 0.168 e. The Morgan fingerprint density at radius 1 is 1.06 bits per heavy atom. The van der Waals surface area contributed by atoms with Gasteiger partial charge < -0.3 is 4.74 Å². The van der Waals surface area contributed by atoms with E-state index in [9.17, 15) is 5.26 Å². The molecule has 0 bridgehead atoms. The van der Waals surface area contributed by atoms with Gasteiger partial charge in [0.15, 0.2) is 5.82 Å². The summed E-state index contributed by atoms with van der Waals surface area (Å²) in [5.74, 6) is 2.30. The summed E-state index contributed by atoms with van der Waals surface area (Å²) in [6, 6.07) is 19.6. The maximum atomic E-state index is 9.76. The van der Waals surface area contributed by atoms with Crippen molar-refractivity contribution in [1.29, 1.82) is 5.26 Å². The molecule has 2 aliphatic rings. The maximum Gasteiger partial charge on any atom is 0.168 e. The number of rotatable bonds is 4. The van der Waals surface area contributed by atoms with Crippen LogP contribution < -0.4 is 4.74 Å². The summed E-state index contributed by atoms with van der Waals surface area (Å²) in [4.78, 5) is 4.58. The fourth-order valence-electron chi connectivity index (χ4n) is 3.70. The van der Waals surface area contributed by atoms with Crippen LogP contribution in [0.15, 0.2) is 83.4 Å². The molecule has 1 aliphatic carbocycles. The summed E-state index contributed by atoms with van der Waals surface area (Å²) in [6.45, 7) is 0.673. The molecule has 2 aromatic carbocycles. The molecule has 0 N–H and O–H groups in total. The first-order chi connectivity index (χ1) is 14.8. The van der Waals surface area contributed by atoms with Crippen molar-refractivity contribution in [3.63, 3.8) is 0 Å². The molecule has 153 valence electrons. The first-order valence-electron chi connectivity index (χ1n) is 9.90. The van der Waals surface area contributed by atoms with Gasteiger partial charge in [0.05, 0.1) is 0 Å². The number of aromatic nitrogens is 2. The molecule has 0 spiro atoms. The number of fused-ring (bicyclic) bond motifs is 1. The van der Waals surface area contributed by atoms with Crippen LogP contribution in [0.1, 0.15) is 12.0 Å². The van der Waals surface area contributed by atoms with E-state index in [0.29, 0.717) is 23.6 Å². The van der Waals surface area contributed by atoms with Gasteiger partial charge in [-0.2, -0.15) is 15.9 Å². The predicted octanol–water partition coefficient (Wildman–Crippen LogP) is 5.63. The summed E-state index contributed by atoms with van der Waals surface area (Å²) in [5.41, 5.74) is 3.23. The van der Waals surface area contributed by atoms with Crippen molar-refractivity contribution in [2.45, 2.75) is 13.0 Å². The van der Waals surface area contributed by atoms with Crippen LogP contribution in [0, 0.1) is 23.7 Å². The van der Waals surface area contributed by atoms with Crippen LogP contribution in [0.5, 0.6) is 11.5 Å². The number of nitrogens with zero attached hydrogens (tertiary/aromatic N) is 4. The summed E-state index contributed by atoms with van der Waals surface area (Å²) < 4.78 is 7.70. The molecule has 1 radical (unpaired) electrons. The SMILES string of the molecule is N#Cc1c(-c2ccc(Oc3ccccc3)cc2)nn2c1N=CC(C1=C[CH-]CC=C1)C2.[Mn]. The minimum absolute atomic E-state index is 0. The number of aliphatic imine (C=N–C) groups is 1. The molecule has 5 nitrogen and oxygen atoms in total. The Morgan fingerprint density at radius 2 is 1.84 bits per heavy atom. The second-order valence-electron chi connectivity index (χ2n) is 7.21. The topological polar surface area (TPSA) is 63.2 Å². The zero-order valence-electron chi connectivity index (χ0n) is 16.6. The van der Waals surface area contributed by atoms with Gasteiger partial charge in [0.25, 0.3) is 0 Å². The Kier molecular flexibility index (Phi) is 6.08. The van der Waals surface area contributed by atoms with Crippen molar-refractivity contribution in [1.82, 2.24) is 9.78 Å². The molecular weight excluding hydrogens is 427 g/mol. The Morgan fingerprint density at radius 3 is 2.55 bits per heavy atom. The van der Waals surface area contributed by atoms with Crippen LogP contribution >= 0.6 is 0 Å². The van der Waals surface area contributed by atoms with Crippen LogP contribution in [0.25, 0.3) is 11.3 Å². The Bertz CT molecular complexity index is 1200. The third kappa shape index (κ3) is 4.20. The van der Waals surface area contributed by atoms with Gasteiger partial charge in [0.1, 0.15) is 28.8 Å². The summed E-state index contributed by atoms with van der Waals surface area (Å²) in [7, 11) is 0. The van der Waals surface area contributed by atoms with Crippen molar-refractivity contribution in [2.24, 2.45) is 10.9 Å². The first-order valence-corrected chi connectivity index (χ1v) is 9.90. The zero-order valence-corrected chi connectivity index (χ0v) is 17.8. The van der Waals surface area contributed by atoms with E-state index in [1.165, 1.54) is 5.57 Å². The molecule has 0 saturated carbocycles. The molecule has 1 aromatic heterocycles. The maximum absolute atomic E-state index is 9.76. The van der Waals surface area contributed by atoms with E-state index in [0.717, 1.165) is 23.5 Å². The van der Waals surface area contributed by atoms with Gasteiger partial charge >= 0.3 is 0 Å². The molecule has 2 heterocycles. The molecule has 1 unspecified atom stereocenters. The largest absolute Gasteiger partial charge is 0.457 e. The number of hydrogen-bond acceptors (Lipinski definition) is 4. The minimum Gasteiger partial charge on any atom is -0.457 e. The van der Waals surface area contributed by atoms with Crippen molar-refractivity contribution >= 4 is 12.0 Å². The number of para-hydroxylation sites is 1. The van der Waals surface area contributed by atoms with Gasteiger partial charge in [-0.25, -0.2) is 22.2 Å². The predicted molar refractivity (Wildman–Crippen MR) is 117 cm³/mol. The average molecular weight is 446 g/mol. The number of allylic oxidation sites excluding steroid dienone is 4. The first kappa shape index (κ1) is 20.7. The van der Waals surface area contributed by atoms with E-state index in [-0.39, 0.29) is 23.0 Å². The van der Waals surface area contributed by atoms with E-state index in [1.807, 2.05) is 65.5 Å². The van der Waals surface area contributed by atoms with Crippen LogP contribution in [-0.4, -0.2) is 16.0 Å². The van der Waals surface area contributed by atoms with Gasteiger partial charge in [-0.05, 0) is 48.5 Å².